The van der Waals surface area contributed by atoms with Gasteiger partial charge in [-0.1, -0.05) is 110 Å². The SMILES string of the molecule is C=C/C=C(\C=C/C)c1ccc(-n2c3ccccc3c3cc(-c4ccc5c(c4)c4ccccc4n5-c4ccc5c(c4)oc4ccccc45)ccc32)cc1. The maximum absolute atomic E-state index is 6.30. The van der Waals surface area contributed by atoms with E-state index >= 15 is 0 Å². The standard InChI is InChI=1S/C49H34N2O/c1-3-11-32(12-4-2)33-19-23-36(24-20-33)50-44-16-8-5-13-38(44)42-29-34(21-27-46(42)50)35-22-28-47-43(30-35)39-14-6-9-17-45(39)51(47)37-25-26-41-40-15-7-10-18-48(40)52-49(41)31-37/h3-31H,1H2,2H3/b12-4-,32-11+. The van der Waals surface area contributed by atoms with E-state index in [1.165, 1.54) is 54.7 Å². The molecular formula is C49H34N2O. The number of benzene rings is 7. The Balaban J connectivity index is 1.10. The van der Waals surface area contributed by atoms with Crippen molar-refractivity contribution in [3.8, 4) is 22.5 Å². The second-order valence-corrected chi connectivity index (χ2v) is 13.4. The summed E-state index contributed by atoms with van der Waals surface area (Å²) < 4.78 is 11.0. The average molecular weight is 667 g/mol. The normalized spacial score (nSPS) is 12.4. The molecular weight excluding hydrogens is 633 g/mol. The number of aromatic nitrogens is 2. The third kappa shape index (κ3) is 4.60. The predicted molar refractivity (Wildman–Crippen MR) is 221 cm³/mol. The number of allylic oxidation sites excluding steroid dienone is 5. The summed E-state index contributed by atoms with van der Waals surface area (Å²) in [6, 6.07) is 54.8. The molecule has 3 heteroatoms. The summed E-state index contributed by atoms with van der Waals surface area (Å²) in [7, 11) is 0. The fraction of sp³-hybridized carbons (Fsp3) is 0.0204. The first-order valence-electron chi connectivity index (χ1n) is 17.7. The summed E-state index contributed by atoms with van der Waals surface area (Å²) in [5.74, 6) is 0. The number of hydrogen-bond donors (Lipinski definition) is 0. The Labute approximate surface area is 301 Å². The molecule has 0 N–H and O–H groups in total. The molecule has 0 unspecified atom stereocenters. The number of furan rings is 1. The van der Waals surface area contributed by atoms with E-state index in [4.69, 9.17) is 4.42 Å². The number of para-hydroxylation sites is 3. The van der Waals surface area contributed by atoms with Crippen LogP contribution in [0.1, 0.15) is 12.5 Å². The van der Waals surface area contributed by atoms with E-state index in [1.54, 1.807) is 0 Å². The zero-order valence-corrected chi connectivity index (χ0v) is 28.8. The van der Waals surface area contributed by atoms with Crippen LogP contribution in [0.15, 0.2) is 187 Å². The minimum atomic E-state index is 0.896. The van der Waals surface area contributed by atoms with Gasteiger partial charge in [-0.15, -0.1) is 0 Å². The average Bonchev–Trinajstić information content (AvgIpc) is 3.84. The quantitative estimate of drug-likeness (QED) is 0.162. The highest BCUT2D eigenvalue weighted by Gasteiger charge is 2.17. The Morgan fingerprint density at radius 2 is 1.04 bits per heavy atom. The second kappa shape index (κ2) is 11.9. The molecule has 246 valence electrons. The van der Waals surface area contributed by atoms with Gasteiger partial charge in [0.1, 0.15) is 11.2 Å². The first-order valence-corrected chi connectivity index (χ1v) is 17.7. The lowest BCUT2D eigenvalue weighted by Gasteiger charge is -2.10. The molecule has 0 radical (unpaired) electrons. The first kappa shape index (κ1) is 30.0. The van der Waals surface area contributed by atoms with Crippen LogP contribution < -0.4 is 0 Å². The minimum Gasteiger partial charge on any atom is -0.456 e. The Morgan fingerprint density at radius 3 is 1.67 bits per heavy atom. The van der Waals surface area contributed by atoms with Crippen LogP contribution in [-0.4, -0.2) is 9.13 Å². The van der Waals surface area contributed by atoms with Crippen LogP contribution in [0.3, 0.4) is 0 Å². The molecule has 0 spiro atoms. The van der Waals surface area contributed by atoms with Crippen LogP contribution in [0.2, 0.25) is 0 Å². The Morgan fingerprint density at radius 1 is 0.500 bits per heavy atom. The van der Waals surface area contributed by atoms with E-state index in [1.807, 2.05) is 31.2 Å². The molecule has 0 bridgehead atoms. The Bertz CT molecular complexity index is 3090. The molecule has 0 aliphatic rings. The number of nitrogens with zero attached hydrogens (tertiary/aromatic N) is 2. The monoisotopic (exact) mass is 666 g/mol. The second-order valence-electron chi connectivity index (χ2n) is 13.4. The van der Waals surface area contributed by atoms with Gasteiger partial charge in [-0.25, -0.2) is 0 Å². The molecule has 52 heavy (non-hydrogen) atoms. The third-order valence-corrected chi connectivity index (χ3v) is 10.4. The van der Waals surface area contributed by atoms with E-state index in [-0.39, 0.29) is 0 Å². The van der Waals surface area contributed by atoms with E-state index in [9.17, 15) is 0 Å². The highest BCUT2D eigenvalue weighted by atomic mass is 16.3. The molecule has 10 rings (SSSR count). The molecule has 7 aromatic carbocycles. The van der Waals surface area contributed by atoms with Crippen LogP contribution in [0.5, 0.6) is 0 Å². The van der Waals surface area contributed by atoms with Crippen LogP contribution >= 0.6 is 0 Å². The smallest absolute Gasteiger partial charge is 0.137 e. The lowest BCUT2D eigenvalue weighted by molar-refractivity contribution is 0.668. The van der Waals surface area contributed by atoms with Crippen molar-refractivity contribution >= 4 is 71.1 Å². The topological polar surface area (TPSA) is 23.0 Å². The molecule has 0 aliphatic heterocycles. The molecule has 3 nitrogen and oxygen atoms in total. The summed E-state index contributed by atoms with van der Waals surface area (Å²) in [5, 5.41) is 7.21. The van der Waals surface area contributed by atoms with Gasteiger partial charge >= 0.3 is 0 Å². The zero-order chi connectivity index (χ0) is 34.8. The van der Waals surface area contributed by atoms with E-state index in [0.29, 0.717) is 0 Å². The zero-order valence-electron chi connectivity index (χ0n) is 28.8. The molecule has 3 aromatic heterocycles. The molecule has 0 atom stereocenters. The summed E-state index contributed by atoms with van der Waals surface area (Å²) in [5.41, 5.74) is 13.4. The molecule has 3 heterocycles. The summed E-state index contributed by atoms with van der Waals surface area (Å²) in [6.07, 6.45) is 8.07. The van der Waals surface area contributed by atoms with Crippen molar-refractivity contribution in [3.05, 3.63) is 188 Å². The van der Waals surface area contributed by atoms with Gasteiger partial charge in [0, 0.05) is 49.8 Å². The van der Waals surface area contributed by atoms with Gasteiger partial charge in [-0.05, 0) is 95.9 Å². The summed E-state index contributed by atoms with van der Waals surface area (Å²) in [4.78, 5) is 0. The van der Waals surface area contributed by atoms with Crippen molar-refractivity contribution in [1.82, 2.24) is 9.13 Å². The molecule has 0 aliphatic carbocycles. The third-order valence-electron chi connectivity index (χ3n) is 10.4. The van der Waals surface area contributed by atoms with Gasteiger partial charge in [-0.2, -0.15) is 0 Å². The maximum Gasteiger partial charge on any atom is 0.137 e. The van der Waals surface area contributed by atoms with Crippen LogP contribution in [-0.2, 0) is 0 Å². The lowest BCUT2D eigenvalue weighted by Crippen LogP contribution is -1.94. The number of fused-ring (bicyclic) bond motifs is 9. The van der Waals surface area contributed by atoms with Gasteiger partial charge < -0.3 is 13.6 Å². The van der Waals surface area contributed by atoms with Gasteiger partial charge in [0.15, 0.2) is 0 Å². The van der Waals surface area contributed by atoms with Crippen LogP contribution in [0.25, 0.3) is 93.6 Å². The van der Waals surface area contributed by atoms with Gasteiger partial charge in [0.25, 0.3) is 0 Å². The van der Waals surface area contributed by atoms with E-state index < -0.39 is 0 Å². The fourth-order valence-electron chi connectivity index (χ4n) is 8.07. The Hall–Kier alpha value is -6.84. The predicted octanol–water partition coefficient (Wildman–Crippen LogP) is 13.6. The molecule has 0 fully saturated rings. The van der Waals surface area contributed by atoms with Crippen molar-refractivity contribution in [2.24, 2.45) is 0 Å². The maximum atomic E-state index is 6.30. The minimum absolute atomic E-state index is 0.896. The van der Waals surface area contributed by atoms with Crippen molar-refractivity contribution in [3.63, 3.8) is 0 Å². The molecule has 0 amide bonds. The van der Waals surface area contributed by atoms with Crippen molar-refractivity contribution in [2.75, 3.05) is 0 Å². The number of rotatable bonds is 6. The van der Waals surface area contributed by atoms with Crippen molar-refractivity contribution in [2.45, 2.75) is 6.92 Å². The largest absolute Gasteiger partial charge is 0.456 e. The van der Waals surface area contributed by atoms with E-state index in [2.05, 4.69) is 167 Å². The van der Waals surface area contributed by atoms with Gasteiger partial charge in [0.05, 0.1) is 22.1 Å². The Kier molecular flexibility index (Phi) is 6.87. The highest BCUT2D eigenvalue weighted by molar-refractivity contribution is 6.13. The van der Waals surface area contributed by atoms with Crippen LogP contribution in [0.4, 0.5) is 0 Å². The summed E-state index contributed by atoms with van der Waals surface area (Å²) >= 11 is 0. The first-order chi connectivity index (χ1) is 25.7. The van der Waals surface area contributed by atoms with Crippen molar-refractivity contribution < 1.29 is 4.42 Å². The highest BCUT2D eigenvalue weighted by Crippen LogP contribution is 2.39. The number of hydrogen-bond acceptors (Lipinski definition) is 1. The van der Waals surface area contributed by atoms with Gasteiger partial charge in [-0.3, -0.25) is 0 Å². The lowest BCUT2D eigenvalue weighted by atomic mass is 10.0. The summed E-state index contributed by atoms with van der Waals surface area (Å²) in [6.45, 7) is 5.94. The molecule has 0 saturated heterocycles. The van der Waals surface area contributed by atoms with Gasteiger partial charge in [0.2, 0.25) is 0 Å². The van der Waals surface area contributed by atoms with E-state index in [0.717, 1.165) is 44.4 Å². The van der Waals surface area contributed by atoms with Crippen LogP contribution in [0, 0.1) is 0 Å². The fourth-order valence-corrected chi connectivity index (χ4v) is 8.07. The molecule has 10 aromatic rings. The molecule has 0 saturated carbocycles. The van der Waals surface area contributed by atoms with Crippen molar-refractivity contribution in [1.29, 1.82) is 0 Å².